The summed E-state index contributed by atoms with van der Waals surface area (Å²) in [7, 11) is 2.32. The molecule has 1 heterocycles. The zero-order valence-electron chi connectivity index (χ0n) is 9.17. The number of halogens is 4. The van der Waals surface area contributed by atoms with Crippen molar-refractivity contribution in [3.8, 4) is 11.6 Å². The number of rotatable bonds is 3. The van der Waals surface area contributed by atoms with Gasteiger partial charge >= 0.3 is 12.3 Å². The van der Waals surface area contributed by atoms with E-state index in [1.54, 1.807) is 22.6 Å². The summed E-state index contributed by atoms with van der Waals surface area (Å²) >= 11 is 1.62. The summed E-state index contributed by atoms with van der Waals surface area (Å²) in [5.74, 6) is -1.70. The molecule has 18 heavy (non-hydrogen) atoms. The first-order valence-corrected chi connectivity index (χ1v) is 5.44. The van der Waals surface area contributed by atoms with Crippen LogP contribution >= 0.6 is 22.6 Å². The second-order valence-electron chi connectivity index (χ2n) is 2.86. The van der Waals surface area contributed by atoms with E-state index < -0.39 is 18.1 Å². The minimum absolute atomic E-state index is 0.00512. The van der Waals surface area contributed by atoms with E-state index in [1.807, 2.05) is 0 Å². The standard InChI is InChI=1S/C9H7F3INO4/c1-16-7-6(13)5(8(15)17-2)4(3-14-7)18-9(10,11)12/h3H,1-2H3. The summed E-state index contributed by atoms with van der Waals surface area (Å²) in [4.78, 5) is 15.0. The second-order valence-corrected chi connectivity index (χ2v) is 3.94. The van der Waals surface area contributed by atoms with Gasteiger partial charge in [-0.3, -0.25) is 0 Å². The van der Waals surface area contributed by atoms with Crippen molar-refractivity contribution in [2.45, 2.75) is 6.36 Å². The van der Waals surface area contributed by atoms with E-state index >= 15 is 0 Å². The molecule has 0 N–H and O–H groups in total. The normalized spacial score (nSPS) is 11.0. The maximum absolute atomic E-state index is 12.2. The topological polar surface area (TPSA) is 57.7 Å². The average molecular weight is 377 g/mol. The summed E-state index contributed by atoms with van der Waals surface area (Å²) in [6, 6.07) is 0. The number of alkyl halides is 3. The lowest BCUT2D eigenvalue weighted by Crippen LogP contribution is -2.20. The van der Waals surface area contributed by atoms with E-state index in [2.05, 4.69) is 14.5 Å². The summed E-state index contributed by atoms with van der Waals surface area (Å²) in [5.41, 5.74) is -0.387. The molecule has 0 unspecified atom stereocenters. The number of aromatic nitrogens is 1. The van der Waals surface area contributed by atoms with Gasteiger partial charge in [0.05, 0.1) is 24.0 Å². The fourth-order valence-corrected chi connectivity index (χ4v) is 1.94. The number of carbonyl (C=O) groups excluding carboxylic acids is 1. The van der Waals surface area contributed by atoms with Gasteiger partial charge in [0.25, 0.3) is 0 Å². The van der Waals surface area contributed by atoms with Gasteiger partial charge in [0.1, 0.15) is 5.56 Å². The molecule has 0 saturated heterocycles. The van der Waals surface area contributed by atoms with Gasteiger partial charge in [-0.2, -0.15) is 0 Å². The maximum Gasteiger partial charge on any atom is 0.573 e. The third-order valence-electron chi connectivity index (χ3n) is 1.76. The molecule has 0 spiro atoms. The SMILES string of the molecule is COC(=O)c1c(OC(F)(F)F)cnc(OC)c1I. The van der Waals surface area contributed by atoms with Crippen LogP contribution in [0.5, 0.6) is 11.6 Å². The van der Waals surface area contributed by atoms with Gasteiger partial charge < -0.3 is 14.2 Å². The summed E-state index contributed by atoms with van der Waals surface area (Å²) in [6.45, 7) is 0. The molecule has 5 nitrogen and oxygen atoms in total. The summed E-state index contributed by atoms with van der Waals surface area (Å²) in [6.07, 6.45) is -4.18. The van der Waals surface area contributed by atoms with E-state index in [0.29, 0.717) is 0 Å². The molecular weight excluding hydrogens is 370 g/mol. The van der Waals surface area contributed by atoms with Gasteiger partial charge in [-0.15, -0.1) is 13.2 Å². The van der Waals surface area contributed by atoms with Gasteiger partial charge in [-0.05, 0) is 22.6 Å². The highest BCUT2D eigenvalue weighted by atomic mass is 127. The molecule has 0 radical (unpaired) electrons. The number of esters is 1. The maximum atomic E-state index is 12.2. The predicted octanol–water partition coefficient (Wildman–Crippen LogP) is 2.38. The second kappa shape index (κ2) is 5.59. The number of hydrogen-bond donors (Lipinski definition) is 0. The van der Waals surface area contributed by atoms with Crippen molar-refractivity contribution < 1.29 is 32.2 Å². The van der Waals surface area contributed by atoms with Gasteiger partial charge in [-0.25, -0.2) is 9.78 Å². The van der Waals surface area contributed by atoms with Crippen molar-refractivity contribution in [2.75, 3.05) is 14.2 Å². The summed E-state index contributed by atoms with van der Waals surface area (Å²) < 4.78 is 49.5. The van der Waals surface area contributed by atoms with Crippen LogP contribution in [0.1, 0.15) is 10.4 Å². The Morgan fingerprint density at radius 3 is 2.44 bits per heavy atom. The molecular formula is C9H7F3INO4. The molecule has 0 aliphatic heterocycles. The van der Waals surface area contributed by atoms with E-state index in [1.165, 1.54) is 7.11 Å². The summed E-state index contributed by atoms with van der Waals surface area (Å²) in [5, 5.41) is 0. The lowest BCUT2D eigenvalue weighted by atomic mass is 10.2. The quantitative estimate of drug-likeness (QED) is 0.598. The molecule has 1 aromatic heterocycles. The average Bonchev–Trinajstić information content (AvgIpc) is 2.26. The lowest BCUT2D eigenvalue weighted by Gasteiger charge is -2.14. The van der Waals surface area contributed by atoms with Crippen LogP contribution in [0.15, 0.2) is 6.20 Å². The highest BCUT2D eigenvalue weighted by Crippen LogP contribution is 2.33. The number of hydrogen-bond acceptors (Lipinski definition) is 5. The minimum Gasteiger partial charge on any atom is -0.480 e. The molecule has 0 amide bonds. The van der Waals surface area contributed by atoms with Crippen molar-refractivity contribution in [1.82, 2.24) is 4.98 Å². The number of ether oxygens (including phenoxy) is 3. The molecule has 1 rings (SSSR count). The largest absolute Gasteiger partial charge is 0.573 e. The van der Waals surface area contributed by atoms with Crippen molar-refractivity contribution in [2.24, 2.45) is 0 Å². The van der Waals surface area contributed by atoms with Crippen molar-refractivity contribution >= 4 is 28.6 Å². The van der Waals surface area contributed by atoms with Gasteiger partial charge in [0.15, 0.2) is 5.75 Å². The van der Waals surface area contributed by atoms with Crippen LogP contribution in [0.25, 0.3) is 0 Å². The van der Waals surface area contributed by atoms with E-state index in [-0.39, 0.29) is 15.0 Å². The van der Waals surface area contributed by atoms with E-state index in [0.717, 1.165) is 13.3 Å². The van der Waals surface area contributed by atoms with Crippen LogP contribution in [0.3, 0.4) is 0 Å². The molecule has 0 bridgehead atoms. The molecule has 0 fully saturated rings. The Labute approximate surface area is 113 Å². The highest BCUT2D eigenvalue weighted by molar-refractivity contribution is 14.1. The Hall–Kier alpha value is -1.26. The number of nitrogens with zero attached hydrogens (tertiary/aromatic N) is 1. The third kappa shape index (κ3) is 3.37. The molecule has 0 saturated carbocycles. The number of carbonyl (C=O) groups is 1. The zero-order chi connectivity index (χ0) is 13.9. The number of pyridine rings is 1. The Bertz CT molecular complexity index is 464. The molecule has 0 aliphatic rings. The van der Waals surface area contributed by atoms with Crippen LogP contribution in [0.4, 0.5) is 13.2 Å². The van der Waals surface area contributed by atoms with Crippen molar-refractivity contribution in [1.29, 1.82) is 0 Å². The molecule has 0 aliphatic carbocycles. The van der Waals surface area contributed by atoms with Crippen LogP contribution in [0, 0.1) is 3.57 Å². The van der Waals surface area contributed by atoms with Gasteiger partial charge in [0.2, 0.25) is 5.88 Å². The first kappa shape index (κ1) is 14.8. The molecule has 0 atom stereocenters. The van der Waals surface area contributed by atoms with Crippen LogP contribution in [-0.4, -0.2) is 31.5 Å². The van der Waals surface area contributed by atoms with Crippen molar-refractivity contribution in [3.63, 3.8) is 0 Å². The minimum atomic E-state index is -4.93. The molecule has 9 heteroatoms. The Balaban J connectivity index is 3.34. The zero-order valence-corrected chi connectivity index (χ0v) is 11.3. The number of methoxy groups -OCH3 is 2. The van der Waals surface area contributed by atoms with Crippen LogP contribution < -0.4 is 9.47 Å². The first-order valence-electron chi connectivity index (χ1n) is 4.36. The van der Waals surface area contributed by atoms with Crippen LogP contribution in [0.2, 0.25) is 0 Å². The Kier molecular flexibility index (Phi) is 4.59. The fraction of sp³-hybridized carbons (Fsp3) is 0.333. The molecule has 1 aromatic rings. The first-order chi connectivity index (χ1) is 8.30. The van der Waals surface area contributed by atoms with E-state index in [4.69, 9.17) is 4.74 Å². The van der Waals surface area contributed by atoms with Crippen LogP contribution in [-0.2, 0) is 4.74 Å². The fourth-order valence-electron chi connectivity index (χ4n) is 1.09. The van der Waals surface area contributed by atoms with Gasteiger partial charge in [0, 0.05) is 0 Å². The van der Waals surface area contributed by atoms with Gasteiger partial charge in [-0.1, -0.05) is 0 Å². The third-order valence-corrected chi connectivity index (χ3v) is 2.76. The Morgan fingerprint density at radius 2 is 2.00 bits per heavy atom. The predicted molar refractivity (Wildman–Crippen MR) is 61.5 cm³/mol. The monoisotopic (exact) mass is 377 g/mol. The van der Waals surface area contributed by atoms with Crippen molar-refractivity contribution in [3.05, 3.63) is 15.3 Å². The van der Waals surface area contributed by atoms with E-state index in [9.17, 15) is 18.0 Å². The lowest BCUT2D eigenvalue weighted by molar-refractivity contribution is -0.274. The molecule has 0 aromatic carbocycles. The molecule has 100 valence electrons. The highest BCUT2D eigenvalue weighted by Gasteiger charge is 2.34. The Morgan fingerprint density at radius 1 is 1.39 bits per heavy atom. The smallest absolute Gasteiger partial charge is 0.480 e.